The number of nitrogens with two attached hydrogens (primary N) is 1. The Labute approximate surface area is 104 Å². The fourth-order valence-corrected chi connectivity index (χ4v) is 2.43. The highest BCUT2D eigenvalue weighted by atomic mass is 16.5. The maximum Gasteiger partial charge on any atom is 0.330 e. The summed E-state index contributed by atoms with van der Waals surface area (Å²) in [6, 6.07) is 0. The molecule has 0 heterocycles. The molecule has 17 heavy (non-hydrogen) atoms. The van der Waals surface area contributed by atoms with E-state index in [1.807, 2.05) is 0 Å². The first-order valence-corrected chi connectivity index (χ1v) is 6.48. The average molecular weight is 240 g/mol. The smallest absolute Gasteiger partial charge is 0.330 e. The van der Waals surface area contributed by atoms with E-state index in [9.17, 15) is 4.79 Å². The van der Waals surface area contributed by atoms with Crippen LogP contribution in [0.25, 0.3) is 0 Å². The fraction of sp³-hybridized carbons (Fsp3) is 0.769. The lowest BCUT2D eigenvalue weighted by Gasteiger charge is -2.30. The molecule has 4 nitrogen and oxygen atoms in total. The van der Waals surface area contributed by atoms with Crippen molar-refractivity contribution in [2.24, 2.45) is 17.6 Å². The minimum absolute atomic E-state index is 0.357. The van der Waals surface area contributed by atoms with E-state index >= 15 is 0 Å². The molecule has 0 aromatic carbocycles. The second-order valence-corrected chi connectivity index (χ2v) is 4.62. The zero-order chi connectivity index (χ0) is 12.5. The van der Waals surface area contributed by atoms with Gasteiger partial charge in [0, 0.05) is 12.6 Å². The topological polar surface area (TPSA) is 64.3 Å². The van der Waals surface area contributed by atoms with Crippen LogP contribution >= 0.6 is 0 Å². The van der Waals surface area contributed by atoms with Crippen molar-refractivity contribution in [2.75, 3.05) is 26.2 Å². The Morgan fingerprint density at radius 3 is 2.76 bits per heavy atom. The van der Waals surface area contributed by atoms with Crippen LogP contribution in [0.15, 0.2) is 12.7 Å². The molecule has 3 N–H and O–H groups in total. The van der Waals surface area contributed by atoms with Crippen LogP contribution in [0.1, 0.15) is 25.7 Å². The predicted octanol–water partition coefficient (Wildman–Crippen LogP) is 1.07. The highest BCUT2D eigenvalue weighted by molar-refractivity contribution is 5.81. The van der Waals surface area contributed by atoms with Gasteiger partial charge in [-0.3, -0.25) is 0 Å². The Morgan fingerprint density at radius 2 is 2.12 bits per heavy atom. The molecule has 2 atom stereocenters. The van der Waals surface area contributed by atoms with Crippen LogP contribution in [0.3, 0.4) is 0 Å². The summed E-state index contributed by atoms with van der Waals surface area (Å²) in [4.78, 5) is 10.8. The maximum absolute atomic E-state index is 10.8. The molecule has 0 saturated heterocycles. The molecule has 0 bridgehead atoms. The third-order valence-electron chi connectivity index (χ3n) is 3.47. The van der Waals surface area contributed by atoms with Crippen molar-refractivity contribution in [1.82, 2.24) is 5.32 Å². The normalized spacial score (nSPS) is 24.3. The second-order valence-electron chi connectivity index (χ2n) is 4.62. The molecule has 0 aromatic heterocycles. The lowest BCUT2D eigenvalue weighted by Crippen LogP contribution is -2.35. The Morgan fingerprint density at radius 1 is 1.41 bits per heavy atom. The monoisotopic (exact) mass is 240 g/mol. The molecular weight excluding hydrogens is 216 g/mol. The molecule has 1 aliphatic carbocycles. The fourth-order valence-electron chi connectivity index (χ4n) is 2.43. The molecule has 0 amide bonds. The van der Waals surface area contributed by atoms with Gasteiger partial charge in [-0.25, -0.2) is 4.79 Å². The Bertz CT molecular complexity index is 244. The molecule has 1 fully saturated rings. The third kappa shape index (κ3) is 5.33. The van der Waals surface area contributed by atoms with E-state index in [-0.39, 0.29) is 5.97 Å². The SMILES string of the molecule is C=CC(=O)OCCNCC1CCCCC1CN. The van der Waals surface area contributed by atoms with Crippen molar-refractivity contribution < 1.29 is 9.53 Å². The number of carbonyl (C=O) groups excluding carboxylic acids is 1. The van der Waals surface area contributed by atoms with Crippen LogP contribution in [0.5, 0.6) is 0 Å². The first-order chi connectivity index (χ1) is 8.27. The van der Waals surface area contributed by atoms with Crippen LogP contribution < -0.4 is 11.1 Å². The van der Waals surface area contributed by atoms with Crippen molar-refractivity contribution in [3.05, 3.63) is 12.7 Å². The largest absolute Gasteiger partial charge is 0.461 e. The van der Waals surface area contributed by atoms with E-state index in [1.54, 1.807) is 0 Å². The molecule has 0 spiro atoms. The van der Waals surface area contributed by atoms with Crippen LogP contribution in [0.4, 0.5) is 0 Å². The molecule has 1 aliphatic rings. The standard InChI is InChI=1S/C13H24N2O2/c1-2-13(16)17-8-7-15-10-12-6-4-3-5-11(12)9-14/h2,11-12,15H,1,3-10,14H2. The number of hydrogen-bond acceptors (Lipinski definition) is 4. The summed E-state index contributed by atoms with van der Waals surface area (Å²) in [5.41, 5.74) is 5.77. The molecular formula is C13H24N2O2. The summed E-state index contributed by atoms with van der Waals surface area (Å²) in [7, 11) is 0. The van der Waals surface area contributed by atoms with Gasteiger partial charge in [0.05, 0.1) is 0 Å². The van der Waals surface area contributed by atoms with Gasteiger partial charge in [0.2, 0.25) is 0 Å². The van der Waals surface area contributed by atoms with Gasteiger partial charge in [-0.15, -0.1) is 0 Å². The summed E-state index contributed by atoms with van der Waals surface area (Å²) in [6.07, 6.45) is 6.34. The molecule has 0 aliphatic heterocycles. The van der Waals surface area contributed by atoms with Crippen molar-refractivity contribution in [2.45, 2.75) is 25.7 Å². The van der Waals surface area contributed by atoms with E-state index in [0.717, 1.165) is 13.1 Å². The predicted molar refractivity (Wildman–Crippen MR) is 68.5 cm³/mol. The van der Waals surface area contributed by atoms with Gasteiger partial charge in [-0.1, -0.05) is 19.4 Å². The molecule has 1 rings (SSSR count). The number of esters is 1. The zero-order valence-electron chi connectivity index (χ0n) is 10.5. The summed E-state index contributed by atoms with van der Waals surface area (Å²) in [6.45, 7) is 6.22. The molecule has 0 radical (unpaired) electrons. The van der Waals surface area contributed by atoms with Crippen LogP contribution in [0.2, 0.25) is 0 Å². The number of carbonyl (C=O) groups is 1. The quantitative estimate of drug-likeness (QED) is 0.397. The average Bonchev–Trinajstić information content (AvgIpc) is 2.38. The molecule has 4 heteroatoms. The summed E-state index contributed by atoms with van der Waals surface area (Å²) < 4.78 is 4.89. The van der Waals surface area contributed by atoms with Crippen molar-refractivity contribution in [1.29, 1.82) is 0 Å². The molecule has 1 saturated carbocycles. The lowest BCUT2D eigenvalue weighted by molar-refractivity contribution is -0.137. The third-order valence-corrected chi connectivity index (χ3v) is 3.47. The van der Waals surface area contributed by atoms with E-state index in [0.29, 0.717) is 25.0 Å². The summed E-state index contributed by atoms with van der Waals surface area (Å²) in [5.74, 6) is 0.986. The Balaban J connectivity index is 2.08. The van der Waals surface area contributed by atoms with Gasteiger partial charge >= 0.3 is 5.97 Å². The summed E-state index contributed by atoms with van der Waals surface area (Å²) in [5, 5.41) is 3.33. The van der Waals surface area contributed by atoms with Gasteiger partial charge in [-0.05, 0) is 37.8 Å². The van der Waals surface area contributed by atoms with E-state index in [1.165, 1.54) is 31.8 Å². The van der Waals surface area contributed by atoms with Crippen LogP contribution in [-0.2, 0) is 9.53 Å². The molecule has 98 valence electrons. The second kappa shape index (κ2) is 8.25. The van der Waals surface area contributed by atoms with Crippen LogP contribution in [-0.4, -0.2) is 32.2 Å². The van der Waals surface area contributed by atoms with Gasteiger partial charge in [0.25, 0.3) is 0 Å². The molecule has 0 aromatic rings. The first kappa shape index (κ1) is 14.2. The van der Waals surface area contributed by atoms with Crippen molar-refractivity contribution in [3.63, 3.8) is 0 Å². The zero-order valence-corrected chi connectivity index (χ0v) is 10.5. The van der Waals surface area contributed by atoms with Crippen molar-refractivity contribution in [3.8, 4) is 0 Å². The van der Waals surface area contributed by atoms with Crippen LogP contribution in [0, 0.1) is 11.8 Å². The van der Waals surface area contributed by atoms with Gasteiger partial charge in [0.15, 0.2) is 0 Å². The lowest BCUT2D eigenvalue weighted by atomic mass is 9.79. The highest BCUT2D eigenvalue weighted by Gasteiger charge is 2.23. The Hall–Kier alpha value is -0.870. The highest BCUT2D eigenvalue weighted by Crippen LogP contribution is 2.28. The number of rotatable bonds is 7. The minimum atomic E-state index is -0.357. The minimum Gasteiger partial charge on any atom is -0.461 e. The Kier molecular flexibility index (Phi) is 6.89. The molecule has 2 unspecified atom stereocenters. The number of ether oxygens (including phenoxy) is 1. The van der Waals surface area contributed by atoms with E-state index < -0.39 is 0 Å². The maximum atomic E-state index is 10.8. The number of hydrogen-bond donors (Lipinski definition) is 2. The van der Waals surface area contributed by atoms with Gasteiger partial charge in [-0.2, -0.15) is 0 Å². The van der Waals surface area contributed by atoms with E-state index in [4.69, 9.17) is 10.5 Å². The van der Waals surface area contributed by atoms with Gasteiger partial charge < -0.3 is 15.8 Å². The van der Waals surface area contributed by atoms with E-state index in [2.05, 4.69) is 11.9 Å². The number of nitrogens with one attached hydrogen (secondary N) is 1. The first-order valence-electron chi connectivity index (χ1n) is 6.48. The van der Waals surface area contributed by atoms with Gasteiger partial charge in [0.1, 0.15) is 6.61 Å². The van der Waals surface area contributed by atoms with Crippen molar-refractivity contribution >= 4 is 5.97 Å². The summed E-state index contributed by atoms with van der Waals surface area (Å²) >= 11 is 0.